The van der Waals surface area contributed by atoms with E-state index in [-0.39, 0.29) is 11.9 Å². The Balaban J connectivity index is 1.70. The number of hydrogen-bond donors (Lipinski definition) is 2. The van der Waals surface area contributed by atoms with Gasteiger partial charge in [0.2, 0.25) is 0 Å². The quantitative estimate of drug-likeness (QED) is 0.553. The minimum Gasteiger partial charge on any atom is -0.463 e. The van der Waals surface area contributed by atoms with E-state index in [2.05, 4.69) is 15.5 Å². The first-order valence-corrected chi connectivity index (χ1v) is 7.85. The molecule has 0 fully saturated rings. The predicted molar refractivity (Wildman–Crippen MR) is 96.2 cm³/mol. The third-order valence-corrected chi connectivity index (χ3v) is 3.59. The molecule has 0 saturated heterocycles. The summed E-state index contributed by atoms with van der Waals surface area (Å²) in [6, 6.07) is 12.6. The van der Waals surface area contributed by atoms with E-state index >= 15 is 0 Å². The van der Waals surface area contributed by atoms with Gasteiger partial charge >= 0.3 is 5.97 Å². The number of esters is 1. The van der Waals surface area contributed by atoms with Gasteiger partial charge in [-0.05, 0) is 36.8 Å². The third kappa shape index (κ3) is 3.92. The van der Waals surface area contributed by atoms with Crippen LogP contribution in [0.4, 0.5) is 5.69 Å². The maximum absolute atomic E-state index is 12.5. The average Bonchev–Trinajstić information content (AvgIpc) is 3.10. The van der Waals surface area contributed by atoms with Crippen molar-refractivity contribution in [3.8, 4) is 0 Å². The molecule has 0 aliphatic heterocycles. The van der Waals surface area contributed by atoms with Crippen molar-refractivity contribution < 1.29 is 14.3 Å². The number of hydrogen-bond acceptors (Lipinski definition) is 4. The zero-order valence-corrected chi connectivity index (χ0v) is 13.7. The minimum atomic E-state index is -0.382. The summed E-state index contributed by atoms with van der Waals surface area (Å²) < 4.78 is 4.83. The van der Waals surface area contributed by atoms with E-state index in [1.54, 1.807) is 37.4 Å². The molecule has 0 unspecified atom stereocenters. The molecule has 1 amide bonds. The van der Waals surface area contributed by atoms with E-state index in [1.807, 2.05) is 24.3 Å². The van der Waals surface area contributed by atoms with Gasteiger partial charge in [-0.1, -0.05) is 24.3 Å². The molecule has 3 aromatic rings. The van der Waals surface area contributed by atoms with Gasteiger partial charge in [0.1, 0.15) is 0 Å². The second kappa shape index (κ2) is 7.44. The van der Waals surface area contributed by atoms with Crippen LogP contribution in [0.3, 0.4) is 0 Å². The summed E-state index contributed by atoms with van der Waals surface area (Å²) in [5.41, 5.74) is 2.73. The van der Waals surface area contributed by atoms with E-state index in [0.29, 0.717) is 23.4 Å². The molecule has 25 heavy (non-hydrogen) atoms. The minimum absolute atomic E-state index is 0.218. The van der Waals surface area contributed by atoms with Crippen LogP contribution in [-0.4, -0.2) is 28.7 Å². The molecular formula is C19H17N3O3. The van der Waals surface area contributed by atoms with E-state index < -0.39 is 0 Å². The van der Waals surface area contributed by atoms with Gasteiger partial charge < -0.3 is 10.1 Å². The number of benzene rings is 2. The number of para-hydroxylation sites is 1. The van der Waals surface area contributed by atoms with Gasteiger partial charge in [-0.15, -0.1) is 0 Å². The molecule has 2 aromatic carbocycles. The molecule has 126 valence electrons. The van der Waals surface area contributed by atoms with E-state index in [1.165, 1.54) is 6.08 Å². The molecule has 1 aromatic heterocycles. The number of aromatic nitrogens is 2. The van der Waals surface area contributed by atoms with Gasteiger partial charge in [-0.3, -0.25) is 9.89 Å². The van der Waals surface area contributed by atoms with Crippen LogP contribution in [0.25, 0.3) is 17.0 Å². The lowest BCUT2D eigenvalue weighted by atomic mass is 10.1. The molecule has 0 radical (unpaired) electrons. The van der Waals surface area contributed by atoms with Crippen LogP contribution in [-0.2, 0) is 9.53 Å². The van der Waals surface area contributed by atoms with Crippen molar-refractivity contribution in [2.45, 2.75) is 6.92 Å². The van der Waals surface area contributed by atoms with E-state index in [4.69, 9.17) is 4.74 Å². The second-order valence-corrected chi connectivity index (χ2v) is 5.30. The number of H-pyrrole nitrogens is 1. The summed E-state index contributed by atoms with van der Waals surface area (Å²) in [6.07, 6.45) is 4.71. The molecule has 3 rings (SSSR count). The Morgan fingerprint density at radius 3 is 2.76 bits per heavy atom. The van der Waals surface area contributed by atoms with Gasteiger partial charge in [0.15, 0.2) is 0 Å². The zero-order chi connectivity index (χ0) is 17.6. The first kappa shape index (κ1) is 16.4. The number of nitrogens with zero attached hydrogens (tertiary/aromatic N) is 1. The van der Waals surface area contributed by atoms with Gasteiger partial charge in [0.05, 0.1) is 23.9 Å². The highest BCUT2D eigenvalue weighted by Crippen LogP contribution is 2.18. The predicted octanol–water partition coefficient (Wildman–Crippen LogP) is 3.39. The van der Waals surface area contributed by atoms with Crippen LogP contribution < -0.4 is 5.32 Å². The fourth-order valence-corrected chi connectivity index (χ4v) is 2.39. The normalized spacial score (nSPS) is 10.9. The average molecular weight is 335 g/mol. The highest BCUT2D eigenvalue weighted by molar-refractivity contribution is 6.11. The van der Waals surface area contributed by atoms with Gasteiger partial charge in [-0.2, -0.15) is 5.10 Å². The fourth-order valence-electron chi connectivity index (χ4n) is 2.39. The SMILES string of the molecule is CCOC(=O)/C=C/c1ccc(NC(=O)c2cccc3cn[nH]c23)cc1. The summed E-state index contributed by atoms with van der Waals surface area (Å²) in [6.45, 7) is 2.10. The highest BCUT2D eigenvalue weighted by Gasteiger charge is 2.11. The Hall–Kier alpha value is -3.41. The molecule has 1 heterocycles. The van der Waals surface area contributed by atoms with E-state index in [9.17, 15) is 9.59 Å². The van der Waals surface area contributed by atoms with Crippen LogP contribution in [0.15, 0.2) is 54.7 Å². The van der Waals surface area contributed by atoms with Crippen molar-refractivity contribution in [3.63, 3.8) is 0 Å². The number of fused-ring (bicyclic) bond motifs is 1. The molecule has 0 atom stereocenters. The zero-order valence-electron chi connectivity index (χ0n) is 13.7. The lowest BCUT2D eigenvalue weighted by molar-refractivity contribution is -0.137. The molecule has 0 bridgehead atoms. The molecule has 2 N–H and O–H groups in total. The smallest absolute Gasteiger partial charge is 0.330 e. The number of anilines is 1. The molecule has 0 saturated carbocycles. The van der Waals surface area contributed by atoms with Crippen molar-refractivity contribution in [3.05, 3.63) is 65.9 Å². The topological polar surface area (TPSA) is 84.1 Å². The molecule has 0 aliphatic carbocycles. The summed E-state index contributed by atoms with van der Waals surface area (Å²) in [5.74, 6) is -0.600. The maximum atomic E-state index is 12.5. The monoisotopic (exact) mass is 335 g/mol. The Morgan fingerprint density at radius 2 is 2.00 bits per heavy atom. The van der Waals surface area contributed by atoms with Gasteiger partial charge in [0.25, 0.3) is 5.91 Å². The Morgan fingerprint density at radius 1 is 1.20 bits per heavy atom. The van der Waals surface area contributed by atoms with Crippen molar-refractivity contribution in [1.29, 1.82) is 0 Å². The summed E-state index contributed by atoms with van der Waals surface area (Å²) in [4.78, 5) is 23.8. The van der Waals surface area contributed by atoms with Crippen molar-refractivity contribution in [1.82, 2.24) is 10.2 Å². The first-order valence-electron chi connectivity index (χ1n) is 7.85. The van der Waals surface area contributed by atoms with Crippen LogP contribution >= 0.6 is 0 Å². The number of rotatable bonds is 5. The van der Waals surface area contributed by atoms with Crippen molar-refractivity contribution >= 4 is 34.5 Å². The summed E-state index contributed by atoms with van der Waals surface area (Å²) in [7, 11) is 0. The standard InChI is InChI=1S/C19H17N3O3/c1-2-25-17(23)11-8-13-6-9-15(10-7-13)21-19(24)16-5-3-4-14-12-20-22-18(14)16/h3-12H,2H2,1H3,(H,20,22)(H,21,24)/b11-8+. The van der Waals surface area contributed by atoms with Gasteiger partial charge in [0, 0.05) is 17.1 Å². The molecular weight excluding hydrogens is 318 g/mol. The maximum Gasteiger partial charge on any atom is 0.330 e. The Labute approximate surface area is 144 Å². The van der Waals surface area contributed by atoms with Crippen LogP contribution in [0, 0.1) is 0 Å². The number of ether oxygens (including phenoxy) is 1. The highest BCUT2D eigenvalue weighted by atomic mass is 16.5. The number of aromatic amines is 1. The van der Waals surface area contributed by atoms with Crippen molar-refractivity contribution in [2.24, 2.45) is 0 Å². The molecule has 0 aliphatic rings. The summed E-state index contributed by atoms with van der Waals surface area (Å²) >= 11 is 0. The number of carbonyl (C=O) groups excluding carboxylic acids is 2. The fraction of sp³-hybridized carbons (Fsp3) is 0.105. The lowest BCUT2D eigenvalue weighted by Gasteiger charge is -2.06. The first-order chi connectivity index (χ1) is 12.2. The second-order valence-electron chi connectivity index (χ2n) is 5.30. The van der Waals surface area contributed by atoms with Crippen LogP contribution in [0.1, 0.15) is 22.8 Å². The molecule has 6 heteroatoms. The molecule has 0 spiro atoms. The van der Waals surface area contributed by atoms with Gasteiger partial charge in [-0.25, -0.2) is 4.79 Å². The summed E-state index contributed by atoms with van der Waals surface area (Å²) in [5, 5.41) is 10.5. The van der Waals surface area contributed by atoms with Crippen molar-refractivity contribution in [2.75, 3.05) is 11.9 Å². The largest absolute Gasteiger partial charge is 0.463 e. The number of carbonyl (C=O) groups is 2. The number of nitrogens with one attached hydrogen (secondary N) is 2. The molecule has 6 nitrogen and oxygen atoms in total. The third-order valence-electron chi connectivity index (χ3n) is 3.59. The van der Waals surface area contributed by atoms with Crippen LogP contribution in [0.5, 0.6) is 0 Å². The van der Waals surface area contributed by atoms with E-state index in [0.717, 1.165) is 10.9 Å². The Bertz CT molecular complexity index is 926. The number of amides is 1. The lowest BCUT2D eigenvalue weighted by Crippen LogP contribution is -2.12. The van der Waals surface area contributed by atoms with Crippen LogP contribution in [0.2, 0.25) is 0 Å². The Kier molecular flexibility index (Phi) is 4.89.